The number of benzene rings is 3. The van der Waals surface area contributed by atoms with Gasteiger partial charge in [0.2, 0.25) is 0 Å². The van der Waals surface area contributed by atoms with E-state index in [4.69, 9.17) is 0 Å². The Balaban J connectivity index is 0.00000161. The molecule has 0 fully saturated rings. The first kappa shape index (κ1) is 16.1. The summed E-state index contributed by atoms with van der Waals surface area (Å²) in [4.78, 5) is 0. The summed E-state index contributed by atoms with van der Waals surface area (Å²) in [5.74, 6) is 0. The van der Waals surface area contributed by atoms with E-state index in [1.807, 2.05) is 0 Å². The second kappa shape index (κ2) is 7.11. The topological polar surface area (TPSA) is 0 Å². The van der Waals surface area contributed by atoms with Gasteiger partial charge in [-0.3, -0.25) is 0 Å². The van der Waals surface area contributed by atoms with Crippen LogP contribution in [0.1, 0.15) is 16.7 Å². The molecule has 0 saturated carbocycles. The molecule has 0 heterocycles. The van der Waals surface area contributed by atoms with Gasteiger partial charge in [0.05, 0.1) is 0 Å². The van der Waals surface area contributed by atoms with Crippen molar-refractivity contribution in [3.8, 4) is 0 Å². The Labute approximate surface area is 145 Å². The van der Waals surface area contributed by atoms with Gasteiger partial charge >= 0.3 is 129 Å². The Morgan fingerprint density at radius 2 is 0.714 bits per heavy atom. The molecule has 2 heteroatoms. The van der Waals surface area contributed by atoms with E-state index in [9.17, 15) is 0 Å². The van der Waals surface area contributed by atoms with Crippen molar-refractivity contribution in [1.82, 2.24) is 0 Å². The minimum absolute atomic E-state index is 0. The second-order valence-corrected chi connectivity index (χ2v) is 6.72. The predicted molar refractivity (Wildman–Crippen MR) is 98.1 cm³/mol. The van der Waals surface area contributed by atoms with E-state index in [-0.39, 0.29) is 21.2 Å². The first-order valence-electron chi connectivity index (χ1n) is 6.77. The fourth-order valence-corrected chi connectivity index (χ4v) is 3.81. The summed E-state index contributed by atoms with van der Waals surface area (Å²) in [6, 6.07) is 32.3. The Hall–Kier alpha value is -1.30. The fourth-order valence-electron chi connectivity index (χ4n) is 2.60. The summed E-state index contributed by atoms with van der Waals surface area (Å²) < 4.78 is -0.0588. The van der Waals surface area contributed by atoms with Crippen molar-refractivity contribution in [2.24, 2.45) is 0 Å². The molecule has 0 aliphatic carbocycles. The van der Waals surface area contributed by atoms with Crippen molar-refractivity contribution in [3.05, 3.63) is 108 Å². The molecule has 0 nitrogen and oxygen atoms in total. The predicted octanol–water partition coefficient (Wildman–Crippen LogP) is 4.19. The van der Waals surface area contributed by atoms with Crippen molar-refractivity contribution >= 4 is 33.8 Å². The van der Waals surface area contributed by atoms with E-state index in [0.29, 0.717) is 0 Å². The summed E-state index contributed by atoms with van der Waals surface area (Å²) in [7, 11) is 0. The zero-order valence-corrected chi connectivity index (χ0v) is 15.8. The molecular formula is C19H18AsBr. The molecule has 0 aromatic heterocycles. The van der Waals surface area contributed by atoms with Crippen LogP contribution in [0.3, 0.4) is 0 Å². The molecular weight excluding hydrogens is 383 g/mol. The van der Waals surface area contributed by atoms with Crippen LogP contribution < -0.4 is 0 Å². The van der Waals surface area contributed by atoms with Crippen LogP contribution in [0.5, 0.6) is 0 Å². The van der Waals surface area contributed by atoms with Crippen LogP contribution in [0.4, 0.5) is 0 Å². The molecule has 1 atom stereocenters. The molecule has 0 aliphatic rings. The number of hydrogen-bond acceptors (Lipinski definition) is 0. The van der Waals surface area contributed by atoms with E-state index < -0.39 is 0 Å². The van der Waals surface area contributed by atoms with Crippen molar-refractivity contribution in [1.29, 1.82) is 0 Å². The van der Waals surface area contributed by atoms with Crippen molar-refractivity contribution < 1.29 is 0 Å². The molecule has 0 N–H and O–H groups in total. The van der Waals surface area contributed by atoms with Gasteiger partial charge in [0.25, 0.3) is 0 Å². The van der Waals surface area contributed by atoms with Gasteiger partial charge in [-0.15, -0.1) is 17.0 Å². The first-order valence-corrected chi connectivity index (χ1v) is 7.98. The van der Waals surface area contributed by atoms with E-state index in [1.165, 1.54) is 16.7 Å². The molecule has 0 amide bonds. The molecule has 0 saturated heterocycles. The average Bonchev–Trinajstić information content (AvgIpc) is 2.56. The molecule has 0 aliphatic heterocycles. The molecule has 3 rings (SSSR count). The molecule has 0 spiro atoms. The number of hydrogen-bond donors (Lipinski definition) is 0. The van der Waals surface area contributed by atoms with E-state index in [2.05, 4.69) is 91.0 Å². The zero-order valence-electron chi connectivity index (χ0n) is 11.6. The molecule has 0 radical (unpaired) electrons. The van der Waals surface area contributed by atoms with Crippen LogP contribution in [0, 0.1) is 0 Å². The third-order valence-corrected chi connectivity index (χ3v) is 5.79. The van der Waals surface area contributed by atoms with Gasteiger partial charge < -0.3 is 0 Å². The Bertz CT molecular complexity index is 569. The molecule has 3 aromatic carbocycles. The van der Waals surface area contributed by atoms with Crippen LogP contribution in [0.25, 0.3) is 0 Å². The maximum atomic E-state index is 2.22. The van der Waals surface area contributed by atoms with Crippen LogP contribution in [0.15, 0.2) is 91.0 Å². The van der Waals surface area contributed by atoms with Gasteiger partial charge in [-0.1, -0.05) is 0 Å². The van der Waals surface area contributed by atoms with Crippen molar-refractivity contribution in [2.75, 3.05) is 0 Å². The van der Waals surface area contributed by atoms with Gasteiger partial charge in [-0.2, -0.15) is 0 Å². The summed E-state index contributed by atoms with van der Waals surface area (Å²) in [5, 5.41) is 0. The Morgan fingerprint density at radius 1 is 0.476 bits per heavy atom. The van der Waals surface area contributed by atoms with Crippen LogP contribution in [-0.4, -0.2) is 16.9 Å². The van der Waals surface area contributed by atoms with E-state index in [1.54, 1.807) is 16.9 Å². The summed E-state index contributed by atoms with van der Waals surface area (Å²) in [5.41, 5.74) is 4.03. The summed E-state index contributed by atoms with van der Waals surface area (Å²) in [6.45, 7) is 0. The monoisotopic (exact) mass is 400 g/mol. The third-order valence-electron chi connectivity index (χ3n) is 3.69. The standard InChI is InChI=1S/C19H17As.BrH/c20-19(16-10-4-1-5-11-16,17-12-6-2-7-13-17)18-14-8-3-9-15-18;/h1-15H,20H2;1H. The molecule has 0 bridgehead atoms. The first-order chi connectivity index (χ1) is 9.82. The zero-order chi connectivity index (χ0) is 13.8. The Morgan fingerprint density at radius 3 is 0.952 bits per heavy atom. The van der Waals surface area contributed by atoms with Crippen LogP contribution >= 0.6 is 17.0 Å². The molecule has 1 unspecified atom stereocenters. The minimum atomic E-state index is -0.0588. The normalized spacial score (nSPS) is 10.7. The van der Waals surface area contributed by atoms with Gasteiger partial charge in [-0.05, 0) is 0 Å². The number of halogens is 1. The van der Waals surface area contributed by atoms with Gasteiger partial charge in [0.1, 0.15) is 0 Å². The fraction of sp³-hybridized carbons (Fsp3) is 0.0526. The molecule has 21 heavy (non-hydrogen) atoms. The molecule has 3 aromatic rings. The van der Waals surface area contributed by atoms with Crippen molar-refractivity contribution in [3.63, 3.8) is 0 Å². The van der Waals surface area contributed by atoms with Gasteiger partial charge in [0.15, 0.2) is 0 Å². The third kappa shape index (κ3) is 3.15. The van der Waals surface area contributed by atoms with Gasteiger partial charge in [0, 0.05) is 0 Å². The van der Waals surface area contributed by atoms with Crippen LogP contribution in [0.2, 0.25) is 0 Å². The van der Waals surface area contributed by atoms with E-state index >= 15 is 0 Å². The van der Waals surface area contributed by atoms with Crippen molar-refractivity contribution in [2.45, 2.75) is 4.20 Å². The van der Waals surface area contributed by atoms with Gasteiger partial charge in [-0.25, -0.2) is 0 Å². The Kier molecular flexibility index (Phi) is 5.44. The quantitative estimate of drug-likeness (QED) is 0.456. The maximum absolute atomic E-state index is 2.22. The molecule has 106 valence electrons. The number of rotatable bonds is 3. The summed E-state index contributed by atoms with van der Waals surface area (Å²) >= 11 is 1.73. The second-order valence-electron chi connectivity index (χ2n) is 4.91. The van der Waals surface area contributed by atoms with E-state index in [0.717, 1.165) is 0 Å². The SMILES string of the molecule is Br.[AsH2]C(c1ccccc1)(c1ccccc1)c1ccccc1. The average molecular weight is 401 g/mol. The van der Waals surface area contributed by atoms with Crippen LogP contribution in [-0.2, 0) is 4.20 Å². The summed E-state index contributed by atoms with van der Waals surface area (Å²) in [6.07, 6.45) is 0.